The average molecular weight is 296 g/mol. The molecule has 0 aliphatic heterocycles. The largest absolute Gasteiger partial charge is 0.494 e. The molecule has 0 atom stereocenters. The van der Waals surface area contributed by atoms with Crippen LogP contribution in [0.25, 0.3) is 0 Å². The number of carbonyl (C=O) groups is 2. The van der Waals surface area contributed by atoms with Crippen molar-refractivity contribution in [1.29, 1.82) is 0 Å². The molecule has 0 unspecified atom stereocenters. The Hall–Kier alpha value is -2.84. The van der Waals surface area contributed by atoms with Crippen LogP contribution in [0.1, 0.15) is 19.8 Å². The minimum atomic E-state index is -0.688. The molecule has 0 radical (unpaired) electrons. The van der Waals surface area contributed by atoms with Gasteiger partial charge in [0, 0.05) is 12.5 Å². The number of urea groups is 1. The number of anilines is 1. The molecular formula is C12H16N4O5. The number of rotatable bonds is 5. The monoisotopic (exact) mass is 296 g/mol. The predicted octanol–water partition coefficient (Wildman–Crippen LogP) is 1.56. The number of amides is 3. The van der Waals surface area contributed by atoms with E-state index in [-0.39, 0.29) is 23.0 Å². The molecule has 114 valence electrons. The van der Waals surface area contributed by atoms with Crippen LogP contribution in [0, 0.1) is 10.1 Å². The van der Waals surface area contributed by atoms with Gasteiger partial charge in [-0.15, -0.1) is 0 Å². The summed E-state index contributed by atoms with van der Waals surface area (Å²) in [4.78, 5) is 32.8. The van der Waals surface area contributed by atoms with Crippen LogP contribution in [0.4, 0.5) is 16.2 Å². The molecule has 0 aliphatic carbocycles. The number of nitro groups is 1. The molecule has 21 heavy (non-hydrogen) atoms. The lowest BCUT2D eigenvalue weighted by Gasteiger charge is -2.11. The van der Waals surface area contributed by atoms with Gasteiger partial charge in [-0.3, -0.25) is 20.3 Å². The molecule has 0 spiro atoms. The second kappa shape index (κ2) is 7.68. The summed E-state index contributed by atoms with van der Waals surface area (Å²) in [6.07, 6.45) is 0.951. The molecular weight excluding hydrogens is 280 g/mol. The van der Waals surface area contributed by atoms with E-state index >= 15 is 0 Å². The number of nitrogens with one attached hydrogen (secondary N) is 3. The number of nitro benzene ring substituents is 1. The van der Waals surface area contributed by atoms with Crippen molar-refractivity contribution in [2.24, 2.45) is 0 Å². The van der Waals surface area contributed by atoms with Crippen molar-refractivity contribution in [2.45, 2.75) is 19.8 Å². The van der Waals surface area contributed by atoms with Gasteiger partial charge in [-0.2, -0.15) is 0 Å². The zero-order chi connectivity index (χ0) is 15.8. The second-order valence-corrected chi connectivity index (χ2v) is 4.02. The van der Waals surface area contributed by atoms with Crippen molar-refractivity contribution in [3.05, 3.63) is 28.3 Å². The molecule has 0 saturated heterocycles. The Balaban J connectivity index is 2.67. The first-order chi connectivity index (χ1) is 9.97. The zero-order valence-electron chi connectivity index (χ0n) is 11.6. The summed E-state index contributed by atoms with van der Waals surface area (Å²) in [5.41, 5.74) is 4.47. The minimum absolute atomic E-state index is 0.138. The molecule has 1 rings (SSSR count). The van der Waals surface area contributed by atoms with Crippen molar-refractivity contribution < 1.29 is 19.2 Å². The van der Waals surface area contributed by atoms with Crippen LogP contribution in [-0.2, 0) is 4.79 Å². The smallest absolute Gasteiger partial charge is 0.338 e. The fraction of sp³-hybridized carbons (Fsp3) is 0.333. The number of ether oxygens (including phenoxy) is 1. The molecule has 9 heteroatoms. The number of non-ortho nitro benzene ring substituents is 1. The maximum atomic E-state index is 11.6. The molecule has 0 aliphatic rings. The fourth-order valence-electron chi connectivity index (χ4n) is 1.47. The van der Waals surface area contributed by atoms with Gasteiger partial charge < -0.3 is 10.1 Å². The Kier molecular flexibility index (Phi) is 5.93. The number of benzene rings is 1. The molecule has 1 aromatic rings. The normalized spacial score (nSPS) is 9.62. The molecule has 1 aromatic carbocycles. The lowest BCUT2D eigenvalue weighted by Crippen LogP contribution is -2.43. The third-order valence-corrected chi connectivity index (χ3v) is 2.44. The lowest BCUT2D eigenvalue weighted by molar-refractivity contribution is -0.384. The molecule has 9 nitrogen and oxygen atoms in total. The number of hydrogen-bond acceptors (Lipinski definition) is 5. The lowest BCUT2D eigenvalue weighted by atomic mass is 10.2. The quantitative estimate of drug-likeness (QED) is 0.562. The summed E-state index contributed by atoms with van der Waals surface area (Å²) < 4.78 is 4.97. The standard InChI is InChI=1S/C12H16N4O5/c1-3-4-11(17)14-15-12(18)13-9-6-5-8(16(19)20)7-10(9)21-2/h5-7H,3-4H2,1-2H3,(H,14,17)(H2,13,15,18). The van der Waals surface area contributed by atoms with E-state index in [4.69, 9.17) is 4.74 Å². The van der Waals surface area contributed by atoms with Gasteiger partial charge in [0.05, 0.1) is 23.8 Å². The fourth-order valence-corrected chi connectivity index (χ4v) is 1.47. The van der Waals surface area contributed by atoms with Gasteiger partial charge in [-0.1, -0.05) is 6.92 Å². The SMILES string of the molecule is CCCC(=O)NNC(=O)Nc1ccc([N+](=O)[O-])cc1OC. The Morgan fingerprint density at radius 3 is 2.62 bits per heavy atom. The third kappa shape index (κ3) is 4.97. The van der Waals surface area contributed by atoms with Gasteiger partial charge in [0.2, 0.25) is 5.91 Å². The van der Waals surface area contributed by atoms with Gasteiger partial charge in [-0.25, -0.2) is 10.2 Å². The van der Waals surface area contributed by atoms with E-state index in [9.17, 15) is 19.7 Å². The summed E-state index contributed by atoms with van der Waals surface area (Å²) >= 11 is 0. The highest BCUT2D eigenvalue weighted by molar-refractivity contribution is 5.92. The van der Waals surface area contributed by atoms with E-state index in [0.717, 1.165) is 0 Å². The van der Waals surface area contributed by atoms with E-state index in [2.05, 4.69) is 16.2 Å². The van der Waals surface area contributed by atoms with Crippen molar-refractivity contribution >= 4 is 23.3 Å². The zero-order valence-corrected chi connectivity index (χ0v) is 11.6. The summed E-state index contributed by atoms with van der Waals surface area (Å²) in [6.45, 7) is 1.83. The Morgan fingerprint density at radius 1 is 1.33 bits per heavy atom. The molecule has 0 saturated carbocycles. The molecule has 0 aromatic heterocycles. The first-order valence-electron chi connectivity index (χ1n) is 6.16. The van der Waals surface area contributed by atoms with Gasteiger partial charge >= 0.3 is 6.03 Å². The van der Waals surface area contributed by atoms with Gasteiger partial charge in [0.15, 0.2) is 0 Å². The van der Waals surface area contributed by atoms with Crippen LogP contribution >= 0.6 is 0 Å². The van der Waals surface area contributed by atoms with E-state index < -0.39 is 11.0 Å². The highest BCUT2D eigenvalue weighted by Gasteiger charge is 2.13. The summed E-state index contributed by atoms with van der Waals surface area (Å²) in [5, 5.41) is 13.1. The van der Waals surface area contributed by atoms with E-state index in [1.54, 1.807) is 0 Å². The van der Waals surface area contributed by atoms with Crippen LogP contribution in [0.15, 0.2) is 18.2 Å². The first kappa shape index (κ1) is 16.2. The highest BCUT2D eigenvalue weighted by atomic mass is 16.6. The minimum Gasteiger partial charge on any atom is -0.494 e. The second-order valence-electron chi connectivity index (χ2n) is 4.02. The van der Waals surface area contributed by atoms with Crippen molar-refractivity contribution in [2.75, 3.05) is 12.4 Å². The maximum absolute atomic E-state index is 11.6. The van der Waals surface area contributed by atoms with Gasteiger partial charge in [0.1, 0.15) is 5.75 Å². The molecule has 0 bridgehead atoms. The van der Waals surface area contributed by atoms with Crippen molar-refractivity contribution in [1.82, 2.24) is 10.9 Å². The molecule has 3 N–H and O–H groups in total. The van der Waals surface area contributed by atoms with E-state index in [1.165, 1.54) is 25.3 Å². The summed E-state index contributed by atoms with van der Waals surface area (Å²) in [5.74, 6) is -0.178. The summed E-state index contributed by atoms with van der Waals surface area (Å²) in [6, 6.07) is 3.07. The summed E-state index contributed by atoms with van der Waals surface area (Å²) in [7, 11) is 1.32. The molecule has 3 amide bonds. The van der Waals surface area contributed by atoms with Crippen molar-refractivity contribution in [3.8, 4) is 5.75 Å². The molecule has 0 fully saturated rings. The number of nitrogens with zero attached hydrogens (tertiary/aromatic N) is 1. The van der Waals surface area contributed by atoms with Crippen LogP contribution in [0.5, 0.6) is 5.75 Å². The Labute approximate surface area is 120 Å². The maximum Gasteiger partial charge on any atom is 0.338 e. The van der Waals surface area contributed by atoms with Crippen molar-refractivity contribution in [3.63, 3.8) is 0 Å². The topological polar surface area (TPSA) is 123 Å². The van der Waals surface area contributed by atoms with Crippen LogP contribution in [-0.4, -0.2) is 24.0 Å². The predicted molar refractivity (Wildman–Crippen MR) is 74.9 cm³/mol. The van der Waals surface area contributed by atoms with Crippen LogP contribution in [0.3, 0.4) is 0 Å². The molecule has 0 heterocycles. The number of hydrazine groups is 1. The van der Waals surface area contributed by atoms with Crippen LogP contribution in [0.2, 0.25) is 0 Å². The van der Waals surface area contributed by atoms with Gasteiger partial charge in [-0.05, 0) is 12.5 Å². The Bertz CT molecular complexity index is 546. The Morgan fingerprint density at radius 2 is 2.05 bits per heavy atom. The van der Waals surface area contributed by atoms with Crippen LogP contribution < -0.4 is 20.9 Å². The number of carbonyl (C=O) groups excluding carboxylic acids is 2. The van der Waals surface area contributed by atoms with Gasteiger partial charge in [0.25, 0.3) is 5.69 Å². The third-order valence-electron chi connectivity index (χ3n) is 2.44. The van der Waals surface area contributed by atoms with E-state index in [0.29, 0.717) is 12.8 Å². The highest BCUT2D eigenvalue weighted by Crippen LogP contribution is 2.28. The van der Waals surface area contributed by atoms with E-state index in [1.807, 2.05) is 6.92 Å². The number of hydrogen-bond donors (Lipinski definition) is 3. The average Bonchev–Trinajstić information content (AvgIpc) is 2.45. The number of methoxy groups -OCH3 is 1. The first-order valence-corrected chi connectivity index (χ1v) is 6.16.